The molecule has 1 N–H and O–H groups in total. The van der Waals surface area contributed by atoms with Crippen molar-refractivity contribution >= 4 is 11.9 Å². The number of methoxy groups -OCH3 is 1. The Morgan fingerprint density at radius 1 is 1.18 bits per heavy atom. The summed E-state index contributed by atoms with van der Waals surface area (Å²) in [6.45, 7) is 5.10. The molecule has 28 heavy (non-hydrogen) atoms. The van der Waals surface area contributed by atoms with Crippen molar-refractivity contribution in [1.82, 2.24) is 20.0 Å². The van der Waals surface area contributed by atoms with E-state index in [0.29, 0.717) is 39.3 Å². The molecule has 0 bridgehead atoms. The van der Waals surface area contributed by atoms with E-state index >= 15 is 0 Å². The van der Waals surface area contributed by atoms with E-state index in [9.17, 15) is 14.0 Å². The molecule has 2 aliphatic rings. The summed E-state index contributed by atoms with van der Waals surface area (Å²) in [6.07, 6.45) is 1.67. The minimum atomic E-state index is -0.287. The van der Waals surface area contributed by atoms with E-state index in [1.807, 2.05) is 4.90 Å². The van der Waals surface area contributed by atoms with Gasteiger partial charge in [0.1, 0.15) is 5.82 Å². The van der Waals surface area contributed by atoms with Gasteiger partial charge in [0.25, 0.3) is 0 Å². The van der Waals surface area contributed by atoms with E-state index < -0.39 is 0 Å². The smallest absolute Gasteiger partial charge is 0.317 e. The Morgan fingerprint density at radius 3 is 2.71 bits per heavy atom. The van der Waals surface area contributed by atoms with Crippen molar-refractivity contribution in [2.24, 2.45) is 0 Å². The Kier molecular flexibility index (Phi) is 7.22. The zero-order valence-electron chi connectivity index (χ0n) is 16.4. The normalized spacial score (nSPS) is 21.1. The van der Waals surface area contributed by atoms with Crippen molar-refractivity contribution in [1.29, 1.82) is 0 Å². The predicted molar refractivity (Wildman–Crippen MR) is 103 cm³/mol. The van der Waals surface area contributed by atoms with Gasteiger partial charge in [-0.2, -0.15) is 0 Å². The molecule has 3 amide bonds. The van der Waals surface area contributed by atoms with Gasteiger partial charge in [0.2, 0.25) is 5.91 Å². The molecule has 1 aromatic carbocycles. The SMILES string of the molecule is COCCN1CCC(N2CCCN(C(=O)NCc3ccc(F)cc3)CC2)C1=O. The number of hydrogen-bond donors (Lipinski definition) is 1. The average molecular weight is 392 g/mol. The van der Waals surface area contributed by atoms with Gasteiger partial charge in [-0.15, -0.1) is 0 Å². The molecule has 2 heterocycles. The fourth-order valence-electron chi connectivity index (χ4n) is 3.83. The molecule has 3 rings (SSSR count). The van der Waals surface area contributed by atoms with Crippen LogP contribution in [0.1, 0.15) is 18.4 Å². The predicted octanol–water partition coefficient (Wildman–Crippen LogP) is 1.29. The first-order valence-electron chi connectivity index (χ1n) is 9.87. The monoisotopic (exact) mass is 392 g/mol. The van der Waals surface area contributed by atoms with Gasteiger partial charge >= 0.3 is 6.03 Å². The maximum absolute atomic E-state index is 13.0. The number of halogens is 1. The van der Waals surface area contributed by atoms with Gasteiger partial charge in [-0.1, -0.05) is 12.1 Å². The maximum atomic E-state index is 13.0. The summed E-state index contributed by atoms with van der Waals surface area (Å²) in [7, 11) is 1.64. The molecule has 0 spiro atoms. The van der Waals surface area contributed by atoms with Gasteiger partial charge in [0.05, 0.1) is 12.6 Å². The van der Waals surface area contributed by atoms with Crippen LogP contribution in [0.3, 0.4) is 0 Å². The van der Waals surface area contributed by atoms with Gasteiger partial charge in [0.15, 0.2) is 0 Å². The minimum absolute atomic E-state index is 0.0842. The second kappa shape index (κ2) is 9.84. The molecule has 2 fully saturated rings. The summed E-state index contributed by atoms with van der Waals surface area (Å²) < 4.78 is 18.0. The maximum Gasteiger partial charge on any atom is 0.317 e. The highest BCUT2D eigenvalue weighted by Gasteiger charge is 2.36. The lowest BCUT2D eigenvalue weighted by Crippen LogP contribution is -2.45. The molecule has 2 saturated heterocycles. The Balaban J connectivity index is 1.47. The fraction of sp³-hybridized carbons (Fsp3) is 0.600. The van der Waals surface area contributed by atoms with Crippen LogP contribution in [0, 0.1) is 5.82 Å². The lowest BCUT2D eigenvalue weighted by molar-refractivity contribution is -0.132. The molecule has 0 aliphatic carbocycles. The lowest BCUT2D eigenvalue weighted by atomic mass is 10.2. The number of amides is 3. The third kappa shape index (κ3) is 5.20. The van der Waals surface area contributed by atoms with Gasteiger partial charge in [-0.25, -0.2) is 9.18 Å². The van der Waals surface area contributed by atoms with Crippen LogP contribution in [0.15, 0.2) is 24.3 Å². The van der Waals surface area contributed by atoms with E-state index in [1.165, 1.54) is 12.1 Å². The van der Waals surface area contributed by atoms with Crippen molar-refractivity contribution < 1.29 is 18.7 Å². The molecule has 0 saturated carbocycles. The van der Waals surface area contributed by atoms with Gasteiger partial charge < -0.3 is 19.9 Å². The number of nitrogens with zero attached hydrogens (tertiary/aromatic N) is 3. The number of carbonyl (C=O) groups is 2. The van der Waals surface area contributed by atoms with E-state index in [2.05, 4.69) is 10.2 Å². The third-order valence-corrected chi connectivity index (χ3v) is 5.45. The Labute approximate surface area is 165 Å². The number of benzene rings is 1. The second-order valence-electron chi connectivity index (χ2n) is 7.28. The molecule has 154 valence electrons. The largest absolute Gasteiger partial charge is 0.383 e. The zero-order valence-corrected chi connectivity index (χ0v) is 16.4. The zero-order chi connectivity index (χ0) is 19.9. The number of nitrogens with one attached hydrogen (secondary N) is 1. The molecule has 0 radical (unpaired) electrons. The molecule has 1 aromatic rings. The summed E-state index contributed by atoms with van der Waals surface area (Å²) in [5, 5.41) is 2.90. The molecule has 8 heteroatoms. The van der Waals surface area contributed by atoms with E-state index in [-0.39, 0.29) is 23.8 Å². The summed E-state index contributed by atoms with van der Waals surface area (Å²) in [6, 6.07) is 5.91. The second-order valence-corrected chi connectivity index (χ2v) is 7.28. The number of urea groups is 1. The quantitative estimate of drug-likeness (QED) is 0.792. The molecule has 2 aliphatic heterocycles. The topological polar surface area (TPSA) is 65.1 Å². The average Bonchev–Trinajstić information content (AvgIpc) is 2.91. The summed E-state index contributed by atoms with van der Waals surface area (Å²) >= 11 is 0. The minimum Gasteiger partial charge on any atom is -0.383 e. The highest BCUT2D eigenvalue weighted by Crippen LogP contribution is 2.19. The highest BCUT2D eigenvalue weighted by molar-refractivity contribution is 5.84. The van der Waals surface area contributed by atoms with Gasteiger partial charge in [0, 0.05) is 52.9 Å². The number of hydrogen-bond acceptors (Lipinski definition) is 4. The highest BCUT2D eigenvalue weighted by atomic mass is 19.1. The van der Waals surface area contributed by atoms with Crippen molar-refractivity contribution in [2.75, 3.05) is 53.0 Å². The van der Waals surface area contributed by atoms with Crippen LogP contribution in [0.4, 0.5) is 9.18 Å². The van der Waals surface area contributed by atoms with Gasteiger partial charge in [-0.3, -0.25) is 9.69 Å². The van der Waals surface area contributed by atoms with Crippen LogP contribution in [-0.2, 0) is 16.1 Å². The number of ether oxygens (including phenoxy) is 1. The van der Waals surface area contributed by atoms with Crippen LogP contribution in [0.25, 0.3) is 0 Å². The van der Waals surface area contributed by atoms with E-state index in [0.717, 1.165) is 31.5 Å². The van der Waals surface area contributed by atoms with E-state index in [1.54, 1.807) is 24.1 Å². The van der Waals surface area contributed by atoms with Crippen LogP contribution in [-0.4, -0.2) is 85.7 Å². The number of rotatable bonds is 6. The first kappa shape index (κ1) is 20.5. The summed E-state index contributed by atoms with van der Waals surface area (Å²) in [5.41, 5.74) is 0.860. The van der Waals surface area contributed by atoms with Crippen LogP contribution in [0.5, 0.6) is 0 Å². The fourth-order valence-corrected chi connectivity index (χ4v) is 3.83. The van der Waals surface area contributed by atoms with Crippen molar-refractivity contribution in [3.05, 3.63) is 35.6 Å². The first-order valence-corrected chi connectivity index (χ1v) is 9.87. The Bertz CT molecular complexity index is 670. The van der Waals surface area contributed by atoms with Crippen molar-refractivity contribution in [3.63, 3.8) is 0 Å². The third-order valence-electron chi connectivity index (χ3n) is 5.45. The van der Waals surface area contributed by atoms with Gasteiger partial charge in [-0.05, 0) is 30.5 Å². The van der Waals surface area contributed by atoms with E-state index in [4.69, 9.17) is 4.74 Å². The molecule has 0 aromatic heterocycles. The van der Waals surface area contributed by atoms with Crippen LogP contribution in [0.2, 0.25) is 0 Å². The Hall–Kier alpha value is -2.19. The van der Waals surface area contributed by atoms with Crippen LogP contribution < -0.4 is 5.32 Å². The molecule has 1 atom stereocenters. The molecule has 7 nitrogen and oxygen atoms in total. The summed E-state index contributed by atoms with van der Waals surface area (Å²) in [4.78, 5) is 31.0. The van der Waals surface area contributed by atoms with Crippen molar-refractivity contribution in [3.8, 4) is 0 Å². The number of likely N-dealkylation sites (tertiary alicyclic amines) is 1. The van der Waals surface area contributed by atoms with Crippen LogP contribution >= 0.6 is 0 Å². The molecule has 1 unspecified atom stereocenters. The molecular formula is C20H29FN4O3. The first-order chi connectivity index (χ1) is 13.6. The standard InChI is InChI=1S/C20H29FN4O3/c1-28-14-13-24-10-7-18(19(24)26)23-8-2-9-25(12-11-23)20(27)22-15-16-3-5-17(21)6-4-16/h3-6,18H,2,7-15H2,1H3,(H,22,27). The number of carbonyl (C=O) groups excluding carboxylic acids is 2. The Morgan fingerprint density at radius 2 is 1.96 bits per heavy atom. The lowest BCUT2D eigenvalue weighted by Gasteiger charge is -2.26. The summed E-state index contributed by atoms with van der Waals surface area (Å²) in [5.74, 6) is -0.115. The van der Waals surface area contributed by atoms with Crippen molar-refractivity contribution in [2.45, 2.75) is 25.4 Å². The molecular weight excluding hydrogens is 363 g/mol.